The molecule has 21 heavy (non-hydrogen) atoms. The van der Waals surface area contributed by atoms with E-state index >= 15 is 0 Å². The zero-order chi connectivity index (χ0) is 15.9. The quantitative estimate of drug-likeness (QED) is 0.790. The number of hydrogen-bond acceptors (Lipinski definition) is 3. The summed E-state index contributed by atoms with van der Waals surface area (Å²) in [6.45, 7) is 0. The molecule has 0 N–H and O–H groups in total. The summed E-state index contributed by atoms with van der Waals surface area (Å²) in [5.74, 6) is -0.216. The number of hydrogen-bond donors (Lipinski definition) is 0. The highest BCUT2D eigenvalue weighted by Gasteiger charge is 2.32. The first-order chi connectivity index (χ1) is 9.66. The predicted molar refractivity (Wildman–Crippen MR) is 69.2 cm³/mol. The molecule has 0 radical (unpaired) electrons. The van der Waals surface area contributed by atoms with Gasteiger partial charge in [0, 0.05) is 7.05 Å². The molecule has 0 saturated heterocycles. The van der Waals surface area contributed by atoms with Gasteiger partial charge in [0.15, 0.2) is 12.1 Å². The Balaban J connectivity index is 2.72. The van der Waals surface area contributed by atoms with Crippen molar-refractivity contribution in [2.45, 2.75) is 6.18 Å². The second-order valence-electron chi connectivity index (χ2n) is 4.02. The van der Waals surface area contributed by atoms with Gasteiger partial charge in [-0.3, -0.25) is 9.36 Å². The first-order valence-electron chi connectivity index (χ1n) is 5.34. The van der Waals surface area contributed by atoms with Crippen molar-refractivity contribution in [2.75, 3.05) is 0 Å². The van der Waals surface area contributed by atoms with Crippen LogP contribution < -0.4 is 5.69 Å². The van der Waals surface area contributed by atoms with Crippen molar-refractivity contribution < 1.29 is 18.0 Å². The molecule has 0 bridgehead atoms. The molecule has 0 aliphatic heterocycles. The molecule has 0 aliphatic carbocycles. The summed E-state index contributed by atoms with van der Waals surface area (Å²) >= 11 is 11.5. The van der Waals surface area contributed by atoms with E-state index in [1.165, 1.54) is 7.05 Å². The summed E-state index contributed by atoms with van der Waals surface area (Å²) in [6, 6.07) is 1.26. The molecule has 112 valence electrons. The van der Waals surface area contributed by atoms with Crippen LogP contribution in [0.1, 0.15) is 16.2 Å². The molecule has 0 unspecified atom stereocenters. The van der Waals surface area contributed by atoms with E-state index in [-0.39, 0.29) is 11.5 Å². The molecule has 5 nitrogen and oxygen atoms in total. The van der Waals surface area contributed by atoms with E-state index in [1.54, 1.807) is 0 Å². The second-order valence-corrected chi connectivity index (χ2v) is 4.83. The summed E-state index contributed by atoms with van der Waals surface area (Å²) in [5, 5.41) is 2.84. The maximum Gasteiger partial charge on any atom is 0.416 e. The Morgan fingerprint density at radius 2 is 1.76 bits per heavy atom. The van der Waals surface area contributed by atoms with Gasteiger partial charge >= 0.3 is 11.9 Å². The van der Waals surface area contributed by atoms with Gasteiger partial charge in [-0.15, -0.1) is 5.10 Å². The van der Waals surface area contributed by atoms with Crippen molar-refractivity contribution in [3.8, 4) is 5.69 Å². The number of aldehydes is 1. The minimum atomic E-state index is -4.63. The number of carbonyl (C=O) groups is 1. The standard InChI is InChI=1S/C11H6Cl2F3N3O2/c1-18-8(4-20)17-19(10(18)21)9-6(12)2-5(3-7(9)13)11(14,15)16/h2-4H,1H3. The van der Waals surface area contributed by atoms with Gasteiger partial charge in [-0.05, 0) is 12.1 Å². The van der Waals surface area contributed by atoms with Gasteiger partial charge in [0.2, 0.25) is 0 Å². The van der Waals surface area contributed by atoms with Crippen LogP contribution in [0.2, 0.25) is 10.0 Å². The molecule has 0 amide bonds. The largest absolute Gasteiger partial charge is 0.416 e. The normalized spacial score (nSPS) is 11.7. The van der Waals surface area contributed by atoms with Gasteiger partial charge in [-0.2, -0.15) is 17.9 Å². The van der Waals surface area contributed by atoms with Gasteiger partial charge in [-0.25, -0.2) is 4.79 Å². The minimum absolute atomic E-state index is 0.216. The summed E-state index contributed by atoms with van der Waals surface area (Å²) < 4.78 is 39.5. The Morgan fingerprint density at radius 3 is 2.14 bits per heavy atom. The molecule has 0 spiro atoms. The lowest BCUT2D eigenvalue weighted by atomic mass is 10.2. The van der Waals surface area contributed by atoms with Gasteiger partial charge in [-0.1, -0.05) is 23.2 Å². The highest BCUT2D eigenvalue weighted by molar-refractivity contribution is 6.37. The molecule has 0 fully saturated rings. The van der Waals surface area contributed by atoms with Crippen LogP contribution in [0.25, 0.3) is 5.69 Å². The van der Waals surface area contributed by atoms with Gasteiger partial charge in [0.1, 0.15) is 5.69 Å². The smallest absolute Gasteiger partial charge is 0.294 e. The fourth-order valence-electron chi connectivity index (χ4n) is 1.63. The fourth-order valence-corrected chi connectivity index (χ4v) is 2.28. The zero-order valence-electron chi connectivity index (χ0n) is 10.3. The first-order valence-corrected chi connectivity index (χ1v) is 6.10. The third kappa shape index (κ3) is 2.68. The van der Waals surface area contributed by atoms with Crippen molar-refractivity contribution in [1.29, 1.82) is 0 Å². The van der Waals surface area contributed by atoms with Gasteiger partial charge in [0.25, 0.3) is 0 Å². The van der Waals surface area contributed by atoms with Crippen LogP contribution in [0.4, 0.5) is 13.2 Å². The number of carbonyl (C=O) groups excluding carboxylic acids is 1. The third-order valence-electron chi connectivity index (χ3n) is 2.68. The molecule has 0 aliphatic rings. The van der Waals surface area contributed by atoms with Crippen molar-refractivity contribution in [2.24, 2.45) is 7.05 Å². The molecule has 2 rings (SSSR count). The van der Waals surface area contributed by atoms with E-state index in [0.29, 0.717) is 23.1 Å². The average molecular weight is 340 g/mol. The van der Waals surface area contributed by atoms with Crippen LogP contribution in [0, 0.1) is 0 Å². The number of nitrogens with zero attached hydrogens (tertiary/aromatic N) is 3. The number of rotatable bonds is 2. The van der Waals surface area contributed by atoms with Crippen LogP contribution in [-0.4, -0.2) is 20.6 Å². The molecule has 1 heterocycles. The number of aromatic nitrogens is 3. The molecule has 2 aromatic rings. The van der Waals surface area contributed by atoms with Crippen LogP contribution in [0.15, 0.2) is 16.9 Å². The van der Waals surface area contributed by atoms with Crippen molar-refractivity contribution >= 4 is 29.5 Å². The lowest BCUT2D eigenvalue weighted by Gasteiger charge is -2.11. The van der Waals surface area contributed by atoms with E-state index in [9.17, 15) is 22.8 Å². The summed E-state index contributed by atoms with van der Waals surface area (Å²) in [4.78, 5) is 22.6. The fraction of sp³-hybridized carbons (Fsp3) is 0.182. The first kappa shape index (κ1) is 15.6. The highest BCUT2D eigenvalue weighted by atomic mass is 35.5. The maximum absolute atomic E-state index is 12.6. The van der Waals surface area contributed by atoms with Crippen molar-refractivity contribution in [3.05, 3.63) is 44.1 Å². The number of alkyl halides is 3. The monoisotopic (exact) mass is 339 g/mol. The summed E-state index contributed by atoms with van der Waals surface area (Å²) in [6.07, 6.45) is -4.31. The Morgan fingerprint density at radius 1 is 1.24 bits per heavy atom. The van der Waals surface area contributed by atoms with Crippen LogP contribution in [0.5, 0.6) is 0 Å². The number of halogens is 5. The molecule has 0 saturated carbocycles. The Hall–Kier alpha value is -1.80. The van der Waals surface area contributed by atoms with Gasteiger partial charge in [0.05, 0.1) is 15.6 Å². The van der Waals surface area contributed by atoms with E-state index < -0.39 is 27.5 Å². The maximum atomic E-state index is 12.6. The summed E-state index contributed by atoms with van der Waals surface area (Å²) in [5.41, 5.74) is -2.04. The Kier molecular flexibility index (Phi) is 3.85. The third-order valence-corrected chi connectivity index (χ3v) is 3.25. The van der Waals surface area contributed by atoms with E-state index in [1.807, 2.05) is 0 Å². The Bertz CT molecular complexity index is 757. The van der Waals surface area contributed by atoms with E-state index in [2.05, 4.69) is 5.10 Å². The topological polar surface area (TPSA) is 56.9 Å². The lowest BCUT2D eigenvalue weighted by Crippen LogP contribution is -2.22. The SMILES string of the molecule is Cn1c(C=O)nn(-c2c(Cl)cc(C(F)(F)F)cc2Cl)c1=O. The molecular weight excluding hydrogens is 334 g/mol. The second kappa shape index (κ2) is 5.19. The minimum Gasteiger partial charge on any atom is -0.294 e. The molecular formula is C11H6Cl2F3N3O2. The molecule has 1 aromatic heterocycles. The van der Waals surface area contributed by atoms with Crippen LogP contribution in [0.3, 0.4) is 0 Å². The zero-order valence-corrected chi connectivity index (χ0v) is 11.8. The van der Waals surface area contributed by atoms with Crippen molar-refractivity contribution in [1.82, 2.24) is 14.3 Å². The predicted octanol–water partition coefficient (Wildman–Crippen LogP) is 2.71. The average Bonchev–Trinajstić information content (AvgIpc) is 2.65. The number of benzene rings is 1. The van der Waals surface area contributed by atoms with E-state index in [0.717, 1.165) is 4.57 Å². The lowest BCUT2D eigenvalue weighted by molar-refractivity contribution is -0.137. The van der Waals surface area contributed by atoms with Gasteiger partial charge < -0.3 is 0 Å². The van der Waals surface area contributed by atoms with Crippen LogP contribution >= 0.6 is 23.2 Å². The Labute approximate surface area is 125 Å². The molecule has 1 aromatic carbocycles. The van der Waals surface area contributed by atoms with Crippen molar-refractivity contribution in [3.63, 3.8) is 0 Å². The van der Waals surface area contributed by atoms with E-state index in [4.69, 9.17) is 23.2 Å². The van der Waals surface area contributed by atoms with Crippen LogP contribution in [-0.2, 0) is 13.2 Å². The summed E-state index contributed by atoms with van der Waals surface area (Å²) in [7, 11) is 1.28. The highest BCUT2D eigenvalue weighted by Crippen LogP contribution is 2.36. The molecule has 0 atom stereocenters. The molecule has 10 heteroatoms.